The molecule has 0 aliphatic carbocycles. The highest BCUT2D eigenvalue weighted by Crippen LogP contribution is 2.61. The van der Waals surface area contributed by atoms with Crippen LogP contribution in [-0.4, -0.2) is 34.0 Å². The summed E-state index contributed by atoms with van der Waals surface area (Å²) in [5.41, 5.74) is -1.93. The van der Waals surface area contributed by atoms with Crippen LogP contribution in [0, 0.1) is 11.3 Å². The Morgan fingerprint density at radius 2 is 1.50 bits per heavy atom. The van der Waals surface area contributed by atoms with Crippen LogP contribution >= 0.6 is 34.8 Å². The largest absolute Gasteiger partial charge is 0.480 e. The smallest absolute Gasteiger partial charge is 0.434 e. The fourth-order valence-electron chi connectivity index (χ4n) is 5.21. The van der Waals surface area contributed by atoms with Crippen LogP contribution in [0.1, 0.15) is 28.7 Å². The summed E-state index contributed by atoms with van der Waals surface area (Å²) in [6.07, 6.45) is 0. The number of benzene rings is 3. The van der Waals surface area contributed by atoms with E-state index < -0.39 is 41.4 Å². The zero-order valence-electron chi connectivity index (χ0n) is 19.0. The Labute approximate surface area is 229 Å². The number of carboxylic acids is 1. The number of nitriles is 1. The Hall–Kier alpha value is -3.29. The SMILES string of the molecule is N#C[C@]1(c2ccc(Cl)cc2)[C@H](c2cccc(Cl)c2)N(C(F)(F)C(=O)OF)[C@@H](C(=O)O)[C@@H]1c1cccc(Cl)c1. The van der Waals surface area contributed by atoms with Gasteiger partial charge in [0, 0.05) is 25.5 Å². The lowest BCUT2D eigenvalue weighted by atomic mass is 9.64. The van der Waals surface area contributed by atoms with Crippen LogP contribution in [0.15, 0.2) is 72.8 Å². The van der Waals surface area contributed by atoms with Crippen molar-refractivity contribution in [2.24, 2.45) is 0 Å². The molecule has 0 spiro atoms. The molecule has 1 fully saturated rings. The topological polar surface area (TPSA) is 90.6 Å². The number of likely N-dealkylation sites (tertiary alicyclic amines) is 1. The predicted molar refractivity (Wildman–Crippen MR) is 133 cm³/mol. The van der Waals surface area contributed by atoms with Gasteiger partial charge in [-0.2, -0.15) is 14.0 Å². The second-order valence-electron chi connectivity index (χ2n) is 8.57. The van der Waals surface area contributed by atoms with E-state index in [0.717, 1.165) is 0 Å². The average Bonchev–Trinajstić information content (AvgIpc) is 3.22. The van der Waals surface area contributed by atoms with Crippen molar-refractivity contribution in [3.63, 3.8) is 0 Å². The number of hydrogen-bond donors (Lipinski definition) is 1. The summed E-state index contributed by atoms with van der Waals surface area (Å²) in [7, 11) is 0. The lowest BCUT2D eigenvalue weighted by Gasteiger charge is -2.37. The molecule has 4 rings (SSSR count). The molecular formula is C26H16Cl3F3N2O4. The van der Waals surface area contributed by atoms with E-state index in [2.05, 4.69) is 11.0 Å². The minimum absolute atomic E-state index is 0.00763. The fraction of sp³-hybridized carbons (Fsp3) is 0.192. The van der Waals surface area contributed by atoms with Gasteiger partial charge in [0.2, 0.25) is 0 Å². The highest BCUT2D eigenvalue weighted by Gasteiger charge is 2.71. The monoisotopic (exact) mass is 582 g/mol. The number of carboxylic acid groups (broad SMARTS) is 1. The number of alkyl halides is 2. The van der Waals surface area contributed by atoms with Crippen molar-refractivity contribution in [2.45, 2.75) is 29.5 Å². The molecule has 1 N–H and O–H groups in total. The van der Waals surface area contributed by atoms with Crippen molar-refractivity contribution in [1.29, 1.82) is 5.26 Å². The maximum Gasteiger partial charge on any atom is 0.434 e. The molecule has 0 aromatic heterocycles. The van der Waals surface area contributed by atoms with E-state index in [1.807, 2.05) is 0 Å². The summed E-state index contributed by atoms with van der Waals surface area (Å²) >= 11 is 18.4. The van der Waals surface area contributed by atoms with Crippen LogP contribution in [0.3, 0.4) is 0 Å². The van der Waals surface area contributed by atoms with E-state index in [1.165, 1.54) is 72.8 Å². The normalized spacial score (nSPS) is 23.6. The van der Waals surface area contributed by atoms with E-state index in [0.29, 0.717) is 0 Å². The van der Waals surface area contributed by atoms with Gasteiger partial charge in [0.25, 0.3) is 0 Å². The number of rotatable bonds is 6. The molecule has 4 atom stereocenters. The third-order valence-corrected chi connectivity index (χ3v) is 7.31. The number of carbonyl (C=O) groups excluding carboxylic acids is 1. The summed E-state index contributed by atoms with van der Waals surface area (Å²) in [5.74, 6) is -6.02. The van der Waals surface area contributed by atoms with Crippen LogP contribution in [0.2, 0.25) is 15.1 Å². The van der Waals surface area contributed by atoms with Crippen molar-refractivity contribution in [3.05, 3.63) is 105 Å². The molecule has 0 radical (unpaired) electrons. The first-order chi connectivity index (χ1) is 18.0. The second kappa shape index (κ2) is 10.5. The number of hydrogen-bond acceptors (Lipinski definition) is 5. The molecule has 3 aromatic rings. The molecule has 0 amide bonds. The van der Waals surface area contributed by atoms with Crippen molar-refractivity contribution in [2.75, 3.05) is 0 Å². The molecular weight excluding hydrogens is 568 g/mol. The molecule has 6 nitrogen and oxygen atoms in total. The predicted octanol–water partition coefficient (Wildman–Crippen LogP) is 6.72. The van der Waals surface area contributed by atoms with Gasteiger partial charge in [-0.15, -0.1) is 0 Å². The van der Waals surface area contributed by atoms with Gasteiger partial charge >= 0.3 is 18.0 Å². The molecule has 0 saturated carbocycles. The third-order valence-electron chi connectivity index (χ3n) is 6.59. The minimum atomic E-state index is -4.84. The van der Waals surface area contributed by atoms with E-state index >= 15 is 8.78 Å². The standard InChI is InChI=1S/C26H16Cl3F3N2O4/c27-17-9-7-16(8-10-17)25(13-33)20(14-3-1-5-18(28)11-14)21(23(35)36)34(26(30,31)24(37)38-32)22(25)15-4-2-6-19(29)12-15/h1-12,20-22H,(H,35,36)/t20-,21+,22-,25+/m0/s1. The van der Waals surface area contributed by atoms with Gasteiger partial charge in [0.15, 0.2) is 0 Å². The summed E-state index contributed by atoms with van der Waals surface area (Å²) in [6, 6.07) is 9.93. The summed E-state index contributed by atoms with van der Waals surface area (Å²) < 4.78 is 44.5. The maximum atomic E-state index is 15.8. The van der Waals surface area contributed by atoms with Gasteiger partial charge in [-0.1, -0.05) is 71.2 Å². The van der Waals surface area contributed by atoms with Crippen LogP contribution in [0.25, 0.3) is 0 Å². The van der Waals surface area contributed by atoms with E-state index in [-0.39, 0.29) is 36.7 Å². The molecule has 0 unspecified atom stereocenters. The Morgan fingerprint density at radius 1 is 0.947 bits per heavy atom. The molecule has 3 aromatic carbocycles. The van der Waals surface area contributed by atoms with Crippen LogP contribution in [0.4, 0.5) is 13.3 Å². The van der Waals surface area contributed by atoms with Gasteiger partial charge in [-0.3, -0.25) is 4.79 Å². The van der Waals surface area contributed by atoms with Gasteiger partial charge in [-0.05, 0) is 53.1 Å². The molecule has 38 heavy (non-hydrogen) atoms. The lowest BCUT2D eigenvalue weighted by molar-refractivity contribution is -0.244. The molecule has 1 saturated heterocycles. The Kier molecular flexibility index (Phi) is 7.64. The number of nitrogens with zero attached hydrogens (tertiary/aromatic N) is 2. The third kappa shape index (κ3) is 4.48. The number of carbonyl (C=O) groups is 2. The van der Waals surface area contributed by atoms with Crippen molar-refractivity contribution < 1.29 is 32.9 Å². The average molecular weight is 584 g/mol. The Bertz CT molecular complexity index is 1430. The lowest BCUT2D eigenvalue weighted by Crippen LogP contribution is -2.54. The fourth-order valence-corrected chi connectivity index (χ4v) is 5.74. The molecule has 12 heteroatoms. The molecule has 1 aliphatic rings. The Morgan fingerprint density at radius 3 is 2.00 bits per heavy atom. The molecule has 0 bridgehead atoms. The quantitative estimate of drug-likeness (QED) is 0.324. The van der Waals surface area contributed by atoms with Crippen molar-refractivity contribution in [3.8, 4) is 6.07 Å². The second-order valence-corrected chi connectivity index (χ2v) is 9.88. The van der Waals surface area contributed by atoms with Gasteiger partial charge in [0.1, 0.15) is 11.5 Å². The van der Waals surface area contributed by atoms with E-state index in [1.54, 1.807) is 0 Å². The number of aliphatic carboxylic acids is 1. The van der Waals surface area contributed by atoms with E-state index in [9.17, 15) is 24.5 Å². The number of halogens is 6. The summed E-state index contributed by atoms with van der Waals surface area (Å²) in [5, 5.41) is 21.6. The van der Waals surface area contributed by atoms with Crippen molar-refractivity contribution >= 4 is 46.7 Å². The van der Waals surface area contributed by atoms with Crippen LogP contribution in [0.5, 0.6) is 0 Å². The van der Waals surface area contributed by atoms with E-state index in [4.69, 9.17) is 34.8 Å². The van der Waals surface area contributed by atoms with Crippen molar-refractivity contribution in [1.82, 2.24) is 4.90 Å². The van der Waals surface area contributed by atoms with Crippen LogP contribution in [-0.2, 0) is 19.9 Å². The highest BCUT2D eigenvalue weighted by molar-refractivity contribution is 6.31. The summed E-state index contributed by atoms with van der Waals surface area (Å²) in [4.78, 5) is 27.7. The minimum Gasteiger partial charge on any atom is -0.480 e. The van der Waals surface area contributed by atoms with Crippen LogP contribution < -0.4 is 0 Å². The first-order valence-electron chi connectivity index (χ1n) is 10.9. The maximum absolute atomic E-state index is 15.8. The first-order valence-corrected chi connectivity index (χ1v) is 12.0. The van der Waals surface area contributed by atoms with Gasteiger partial charge in [0.05, 0.1) is 12.1 Å². The molecule has 1 heterocycles. The zero-order valence-corrected chi connectivity index (χ0v) is 21.3. The highest BCUT2D eigenvalue weighted by atomic mass is 35.5. The Balaban J connectivity index is 2.19. The zero-order chi connectivity index (χ0) is 27.8. The summed E-state index contributed by atoms with van der Waals surface area (Å²) in [6.45, 7) is 0. The van der Waals surface area contributed by atoms with Gasteiger partial charge in [-0.25, -0.2) is 14.6 Å². The van der Waals surface area contributed by atoms with Gasteiger partial charge < -0.3 is 5.11 Å². The molecule has 1 aliphatic heterocycles. The first kappa shape index (κ1) is 27.7. The molecule has 196 valence electrons.